The van der Waals surface area contributed by atoms with E-state index in [-0.39, 0.29) is 18.3 Å². The number of carbonyl (C=O) groups excluding carboxylic acids is 1. The number of rotatable bonds is 3. The number of carbonyl (C=O) groups is 1. The smallest absolute Gasteiger partial charge is 0.274 e. The molecule has 0 aliphatic carbocycles. The van der Waals surface area contributed by atoms with Crippen molar-refractivity contribution in [2.45, 2.75) is 12.3 Å². The molecule has 1 aliphatic heterocycles. The zero-order chi connectivity index (χ0) is 16.4. The Hall–Kier alpha value is -2.43. The summed E-state index contributed by atoms with van der Waals surface area (Å²) in [5.74, 6) is 0.396. The van der Waals surface area contributed by atoms with Gasteiger partial charge in [-0.05, 0) is 48.7 Å². The van der Waals surface area contributed by atoms with Gasteiger partial charge in [0.05, 0.1) is 5.52 Å². The van der Waals surface area contributed by atoms with Crippen LogP contribution in [0.4, 0.5) is 5.69 Å². The molecule has 3 aromatic rings. The second kappa shape index (κ2) is 7.64. The highest BCUT2D eigenvalue weighted by molar-refractivity contribution is 6.04. The lowest BCUT2D eigenvalue weighted by Gasteiger charge is -2.10. The summed E-state index contributed by atoms with van der Waals surface area (Å²) in [6.45, 7) is 2.11. The molecule has 1 fully saturated rings. The van der Waals surface area contributed by atoms with E-state index in [4.69, 9.17) is 0 Å². The van der Waals surface area contributed by atoms with Crippen molar-refractivity contribution in [2.75, 3.05) is 18.4 Å². The van der Waals surface area contributed by atoms with Gasteiger partial charge < -0.3 is 10.6 Å². The Morgan fingerprint density at radius 2 is 1.84 bits per heavy atom. The van der Waals surface area contributed by atoms with Crippen LogP contribution in [0.2, 0.25) is 0 Å². The van der Waals surface area contributed by atoms with Crippen molar-refractivity contribution in [1.82, 2.24) is 10.3 Å². The van der Waals surface area contributed by atoms with Crippen molar-refractivity contribution in [1.29, 1.82) is 0 Å². The first-order valence-corrected chi connectivity index (χ1v) is 8.27. The van der Waals surface area contributed by atoms with Crippen LogP contribution in [0.3, 0.4) is 0 Å². The van der Waals surface area contributed by atoms with Crippen LogP contribution in [0.15, 0.2) is 60.7 Å². The number of hydrogen-bond acceptors (Lipinski definition) is 3. The number of anilines is 1. The highest BCUT2D eigenvalue weighted by Crippen LogP contribution is 2.23. The summed E-state index contributed by atoms with van der Waals surface area (Å²) >= 11 is 0. The Balaban J connectivity index is 0.00000182. The largest absolute Gasteiger partial charge is 0.321 e. The number of hydrogen-bond donors (Lipinski definition) is 2. The molecule has 1 amide bonds. The van der Waals surface area contributed by atoms with E-state index < -0.39 is 0 Å². The van der Waals surface area contributed by atoms with Crippen molar-refractivity contribution in [3.63, 3.8) is 0 Å². The standard InChI is InChI=1S/C20H19N3O.ClH/c24-20(19-10-7-15-3-1-2-4-18(15)23-19)22-17-8-5-14(6-9-17)16-11-12-21-13-16;/h1-10,16,21H,11-13H2,(H,22,24);1H. The molecule has 1 aromatic heterocycles. The molecule has 2 N–H and O–H groups in total. The van der Waals surface area contributed by atoms with Crippen LogP contribution in [-0.2, 0) is 0 Å². The van der Waals surface area contributed by atoms with Gasteiger partial charge in [0, 0.05) is 17.6 Å². The topological polar surface area (TPSA) is 54.0 Å². The zero-order valence-electron chi connectivity index (χ0n) is 13.7. The number of pyridine rings is 1. The molecule has 25 heavy (non-hydrogen) atoms. The predicted octanol–water partition coefficient (Wildman–Crippen LogP) is 3.99. The van der Waals surface area contributed by atoms with Crippen LogP contribution < -0.4 is 10.6 Å². The van der Waals surface area contributed by atoms with E-state index in [1.54, 1.807) is 6.07 Å². The van der Waals surface area contributed by atoms with Crippen molar-refractivity contribution >= 4 is 34.9 Å². The summed E-state index contributed by atoms with van der Waals surface area (Å²) in [6.07, 6.45) is 1.17. The summed E-state index contributed by atoms with van der Waals surface area (Å²) in [6, 6.07) is 19.6. The fourth-order valence-electron chi connectivity index (χ4n) is 3.17. The van der Waals surface area contributed by atoms with Crippen LogP contribution in [0.5, 0.6) is 0 Å². The fourth-order valence-corrected chi connectivity index (χ4v) is 3.17. The third-order valence-electron chi connectivity index (χ3n) is 4.53. The van der Waals surface area contributed by atoms with Gasteiger partial charge >= 0.3 is 0 Å². The first kappa shape index (κ1) is 17.4. The molecule has 4 nitrogen and oxygen atoms in total. The minimum absolute atomic E-state index is 0. The second-order valence-corrected chi connectivity index (χ2v) is 6.16. The molecule has 1 unspecified atom stereocenters. The van der Waals surface area contributed by atoms with Gasteiger partial charge in [0.25, 0.3) is 5.91 Å². The molecular weight excluding hydrogens is 334 g/mol. The third-order valence-corrected chi connectivity index (χ3v) is 4.53. The molecule has 0 saturated carbocycles. The minimum atomic E-state index is -0.184. The molecule has 1 aliphatic rings. The molecule has 128 valence electrons. The maximum Gasteiger partial charge on any atom is 0.274 e. The molecule has 0 spiro atoms. The van der Waals surface area contributed by atoms with Crippen LogP contribution in [0.25, 0.3) is 10.9 Å². The summed E-state index contributed by atoms with van der Waals surface area (Å²) in [4.78, 5) is 16.8. The number of aromatic nitrogens is 1. The molecule has 0 bridgehead atoms. The lowest BCUT2D eigenvalue weighted by Crippen LogP contribution is -2.13. The van der Waals surface area contributed by atoms with Gasteiger partial charge in [-0.25, -0.2) is 4.98 Å². The Morgan fingerprint density at radius 3 is 2.60 bits per heavy atom. The van der Waals surface area contributed by atoms with Gasteiger partial charge in [0.15, 0.2) is 0 Å². The molecule has 1 saturated heterocycles. The Bertz CT molecular complexity index is 874. The Kier molecular flexibility index (Phi) is 5.31. The first-order chi connectivity index (χ1) is 11.8. The number of fused-ring (bicyclic) bond motifs is 1. The predicted molar refractivity (Wildman–Crippen MR) is 104 cm³/mol. The second-order valence-electron chi connectivity index (χ2n) is 6.16. The Labute approximate surface area is 153 Å². The molecule has 2 aromatic carbocycles. The molecule has 1 atom stereocenters. The molecule has 0 radical (unpaired) electrons. The van der Waals surface area contributed by atoms with Crippen molar-refractivity contribution in [2.24, 2.45) is 0 Å². The summed E-state index contributed by atoms with van der Waals surface area (Å²) in [5, 5.41) is 7.33. The van der Waals surface area contributed by atoms with E-state index in [1.165, 1.54) is 12.0 Å². The van der Waals surface area contributed by atoms with E-state index in [0.29, 0.717) is 11.6 Å². The Morgan fingerprint density at radius 1 is 1.04 bits per heavy atom. The van der Waals surface area contributed by atoms with E-state index >= 15 is 0 Å². The zero-order valence-corrected chi connectivity index (χ0v) is 14.6. The van der Waals surface area contributed by atoms with Gasteiger partial charge in [-0.15, -0.1) is 12.4 Å². The molecule has 5 heteroatoms. The van der Waals surface area contributed by atoms with Gasteiger partial charge in [0.1, 0.15) is 5.69 Å². The number of nitrogens with one attached hydrogen (secondary N) is 2. The van der Waals surface area contributed by atoms with Crippen molar-refractivity contribution in [3.05, 3.63) is 71.9 Å². The van der Waals surface area contributed by atoms with Crippen LogP contribution >= 0.6 is 12.4 Å². The van der Waals surface area contributed by atoms with E-state index in [1.807, 2.05) is 42.5 Å². The quantitative estimate of drug-likeness (QED) is 0.748. The minimum Gasteiger partial charge on any atom is -0.321 e. The van der Waals surface area contributed by atoms with E-state index in [9.17, 15) is 4.79 Å². The van der Waals surface area contributed by atoms with Crippen LogP contribution in [0, 0.1) is 0 Å². The molecule has 2 heterocycles. The summed E-state index contributed by atoms with van der Waals surface area (Å²) < 4.78 is 0. The molecule has 4 rings (SSSR count). The van der Waals surface area contributed by atoms with Crippen LogP contribution in [-0.4, -0.2) is 24.0 Å². The van der Waals surface area contributed by atoms with E-state index in [0.717, 1.165) is 29.7 Å². The monoisotopic (exact) mass is 353 g/mol. The maximum atomic E-state index is 12.4. The number of halogens is 1. The van der Waals surface area contributed by atoms with Crippen molar-refractivity contribution in [3.8, 4) is 0 Å². The fraction of sp³-hybridized carbons (Fsp3) is 0.200. The van der Waals surface area contributed by atoms with Gasteiger partial charge in [0.2, 0.25) is 0 Å². The highest BCUT2D eigenvalue weighted by Gasteiger charge is 2.16. The van der Waals surface area contributed by atoms with Gasteiger partial charge in [-0.2, -0.15) is 0 Å². The highest BCUT2D eigenvalue weighted by atomic mass is 35.5. The lowest BCUT2D eigenvalue weighted by atomic mass is 9.98. The number of benzene rings is 2. The van der Waals surface area contributed by atoms with Crippen LogP contribution in [0.1, 0.15) is 28.4 Å². The van der Waals surface area contributed by atoms with Gasteiger partial charge in [-0.3, -0.25) is 4.79 Å². The number of para-hydroxylation sites is 1. The molecular formula is C20H20ClN3O. The third kappa shape index (κ3) is 3.81. The average Bonchev–Trinajstić information content (AvgIpc) is 3.16. The van der Waals surface area contributed by atoms with Crippen molar-refractivity contribution < 1.29 is 4.79 Å². The first-order valence-electron chi connectivity index (χ1n) is 8.27. The normalized spacial score (nSPS) is 16.4. The SMILES string of the molecule is Cl.O=C(Nc1ccc(C2CCNC2)cc1)c1ccc2ccccc2n1. The number of nitrogens with zero attached hydrogens (tertiary/aromatic N) is 1. The maximum absolute atomic E-state index is 12.4. The summed E-state index contributed by atoms with van der Waals surface area (Å²) in [7, 11) is 0. The lowest BCUT2D eigenvalue weighted by molar-refractivity contribution is 0.102. The average molecular weight is 354 g/mol. The summed E-state index contributed by atoms with van der Waals surface area (Å²) in [5.41, 5.74) is 3.37. The van der Waals surface area contributed by atoms with E-state index in [2.05, 4.69) is 27.8 Å². The van der Waals surface area contributed by atoms with Gasteiger partial charge in [-0.1, -0.05) is 36.4 Å². The number of amides is 1.